The van der Waals surface area contributed by atoms with Gasteiger partial charge in [0.1, 0.15) is 11.7 Å². The van der Waals surface area contributed by atoms with Gasteiger partial charge in [0.2, 0.25) is 0 Å². The minimum Gasteiger partial charge on any atom is -0.321 e. The van der Waals surface area contributed by atoms with Gasteiger partial charge in [0, 0.05) is 10.6 Å². The summed E-state index contributed by atoms with van der Waals surface area (Å²) in [5.74, 6) is 0. The second-order valence-corrected chi connectivity index (χ2v) is 5.41. The molecule has 0 saturated heterocycles. The maximum absolute atomic E-state index is 12.0. The molecule has 2 amide bonds. The number of urea groups is 1. The number of carbonyl (C=O) groups excluding carboxylic acids is 1. The average Bonchev–Trinajstić information content (AvgIpc) is 2.54. The molecular formula is C16H12ClN3O3. The van der Waals surface area contributed by atoms with Gasteiger partial charge in [-0.2, -0.15) is 0 Å². The molecule has 6 nitrogen and oxygen atoms in total. The molecule has 0 radical (unpaired) electrons. The molecule has 0 spiro atoms. The maximum atomic E-state index is 12.0. The quantitative estimate of drug-likeness (QED) is 0.669. The molecular weight excluding hydrogens is 318 g/mol. The molecule has 0 aromatic heterocycles. The van der Waals surface area contributed by atoms with E-state index >= 15 is 0 Å². The maximum Gasteiger partial charge on any atom is 0.320 e. The molecule has 0 aliphatic carbocycles. The third-order valence-corrected chi connectivity index (χ3v) is 3.72. The van der Waals surface area contributed by atoms with Gasteiger partial charge in [-0.1, -0.05) is 54.1 Å². The lowest BCUT2D eigenvalue weighted by Gasteiger charge is -2.25. The van der Waals surface area contributed by atoms with E-state index in [1.807, 2.05) is 0 Å². The van der Waals surface area contributed by atoms with E-state index in [0.29, 0.717) is 16.1 Å². The zero-order valence-corrected chi connectivity index (χ0v) is 12.6. The number of hydrogen-bond acceptors (Lipinski definition) is 3. The number of carbonyl (C=O) groups is 1. The third-order valence-electron chi connectivity index (χ3n) is 3.48. The number of amides is 2. The molecule has 1 aliphatic heterocycles. The number of hydrogen-bond donors (Lipinski definition) is 2. The first-order chi connectivity index (χ1) is 11.1. The highest BCUT2D eigenvalue weighted by Crippen LogP contribution is 2.32. The van der Waals surface area contributed by atoms with Gasteiger partial charge in [-0.05, 0) is 17.7 Å². The number of benzene rings is 2. The largest absolute Gasteiger partial charge is 0.321 e. The lowest BCUT2D eigenvalue weighted by molar-refractivity contribution is -0.430. The van der Waals surface area contributed by atoms with Gasteiger partial charge in [-0.15, -0.1) is 0 Å². The summed E-state index contributed by atoms with van der Waals surface area (Å²) in [6, 6.07) is 14.0. The van der Waals surface area contributed by atoms with Crippen molar-refractivity contribution in [2.75, 3.05) is 0 Å². The molecule has 0 fully saturated rings. The molecule has 3 rings (SSSR count). The molecule has 1 atom stereocenters. The van der Waals surface area contributed by atoms with Crippen LogP contribution in [0, 0.1) is 10.1 Å². The fourth-order valence-corrected chi connectivity index (χ4v) is 2.71. The Labute approximate surface area is 136 Å². The molecule has 0 unspecified atom stereocenters. The highest BCUT2D eigenvalue weighted by atomic mass is 35.5. The van der Waals surface area contributed by atoms with Crippen LogP contribution in [0.3, 0.4) is 0 Å². The second-order valence-electron chi connectivity index (χ2n) is 4.97. The summed E-state index contributed by atoms with van der Waals surface area (Å²) in [7, 11) is 0. The van der Waals surface area contributed by atoms with E-state index in [4.69, 9.17) is 11.6 Å². The molecule has 2 aromatic rings. The summed E-state index contributed by atoms with van der Waals surface area (Å²) >= 11 is 5.97. The molecule has 1 heterocycles. The summed E-state index contributed by atoms with van der Waals surface area (Å²) in [4.78, 5) is 23.1. The van der Waals surface area contributed by atoms with Crippen LogP contribution in [0.25, 0.3) is 5.70 Å². The highest BCUT2D eigenvalue weighted by Gasteiger charge is 2.37. The van der Waals surface area contributed by atoms with Crippen molar-refractivity contribution in [3.05, 3.63) is 86.6 Å². The van der Waals surface area contributed by atoms with Gasteiger partial charge < -0.3 is 10.6 Å². The van der Waals surface area contributed by atoms with Gasteiger partial charge >= 0.3 is 6.03 Å². The first kappa shape index (κ1) is 15.1. The minimum atomic E-state index is -0.882. The zero-order chi connectivity index (χ0) is 16.4. The Hall–Kier alpha value is -2.86. The van der Waals surface area contributed by atoms with Crippen LogP contribution in [0.2, 0.25) is 5.02 Å². The first-order valence-electron chi connectivity index (χ1n) is 6.83. The van der Waals surface area contributed by atoms with Gasteiger partial charge in [0.05, 0.1) is 4.92 Å². The molecule has 2 N–H and O–H groups in total. The molecule has 23 heavy (non-hydrogen) atoms. The topological polar surface area (TPSA) is 84.3 Å². The van der Waals surface area contributed by atoms with E-state index in [0.717, 1.165) is 0 Å². The second kappa shape index (κ2) is 6.10. The standard InChI is InChI=1S/C16H12ClN3O3/c17-12-8-4-7-11(9-12)14-15(20(22)23)13(18-16(21)19-14)10-5-2-1-3-6-10/h1-9,14H,(H2,18,19,21)/t14-/m0/s1. The van der Waals surface area contributed by atoms with E-state index in [9.17, 15) is 14.9 Å². The smallest absolute Gasteiger partial charge is 0.320 e. The molecule has 0 saturated carbocycles. The van der Waals surface area contributed by atoms with Crippen LogP contribution in [-0.4, -0.2) is 11.0 Å². The Morgan fingerprint density at radius 2 is 1.83 bits per heavy atom. The summed E-state index contributed by atoms with van der Waals surface area (Å²) in [5.41, 5.74) is 1.18. The van der Waals surface area contributed by atoms with Crippen LogP contribution >= 0.6 is 11.6 Å². The Bertz CT molecular complexity index is 805. The van der Waals surface area contributed by atoms with Crippen molar-refractivity contribution >= 4 is 23.3 Å². The van der Waals surface area contributed by atoms with Crippen molar-refractivity contribution in [1.29, 1.82) is 0 Å². The van der Waals surface area contributed by atoms with Crippen LogP contribution < -0.4 is 10.6 Å². The lowest BCUT2D eigenvalue weighted by atomic mass is 9.98. The van der Waals surface area contributed by atoms with Crippen LogP contribution in [0.4, 0.5) is 4.79 Å². The van der Waals surface area contributed by atoms with E-state index in [-0.39, 0.29) is 11.4 Å². The fraction of sp³-hybridized carbons (Fsp3) is 0.0625. The van der Waals surface area contributed by atoms with Crippen LogP contribution in [-0.2, 0) is 0 Å². The number of nitrogens with one attached hydrogen (secondary N) is 2. The molecule has 0 bridgehead atoms. The van der Waals surface area contributed by atoms with Crippen molar-refractivity contribution in [3.63, 3.8) is 0 Å². The van der Waals surface area contributed by atoms with E-state index in [1.54, 1.807) is 54.6 Å². The van der Waals surface area contributed by atoms with Crippen LogP contribution in [0.5, 0.6) is 0 Å². The number of rotatable bonds is 3. The minimum absolute atomic E-state index is 0.127. The van der Waals surface area contributed by atoms with Gasteiger partial charge in [0.25, 0.3) is 5.70 Å². The highest BCUT2D eigenvalue weighted by molar-refractivity contribution is 6.30. The summed E-state index contributed by atoms with van der Waals surface area (Å²) in [6.07, 6.45) is 0. The fourth-order valence-electron chi connectivity index (χ4n) is 2.51. The predicted molar refractivity (Wildman–Crippen MR) is 86.2 cm³/mol. The van der Waals surface area contributed by atoms with E-state index < -0.39 is 17.0 Å². The Morgan fingerprint density at radius 3 is 2.48 bits per heavy atom. The first-order valence-corrected chi connectivity index (χ1v) is 7.21. The third kappa shape index (κ3) is 3.02. The van der Waals surface area contributed by atoms with Crippen molar-refractivity contribution < 1.29 is 9.72 Å². The van der Waals surface area contributed by atoms with Crippen molar-refractivity contribution in [2.24, 2.45) is 0 Å². The van der Waals surface area contributed by atoms with E-state index in [2.05, 4.69) is 10.6 Å². The Morgan fingerprint density at radius 1 is 1.09 bits per heavy atom. The summed E-state index contributed by atoms with van der Waals surface area (Å²) < 4.78 is 0. The van der Waals surface area contributed by atoms with Crippen molar-refractivity contribution in [2.45, 2.75) is 6.04 Å². The van der Waals surface area contributed by atoms with Crippen molar-refractivity contribution in [1.82, 2.24) is 10.6 Å². The monoisotopic (exact) mass is 329 g/mol. The average molecular weight is 330 g/mol. The number of nitro groups is 1. The molecule has 2 aromatic carbocycles. The lowest BCUT2D eigenvalue weighted by Crippen LogP contribution is -2.45. The van der Waals surface area contributed by atoms with Gasteiger partial charge in [-0.25, -0.2) is 4.79 Å². The SMILES string of the molecule is O=C1NC(c2ccccc2)=C([N+](=O)[O-])[C@H](c2cccc(Cl)c2)N1. The number of nitrogens with zero attached hydrogens (tertiary/aromatic N) is 1. The van der Waals surface area contributed by atoms with E-state index in [1.165, 1.54) is 0 Å². The Balaban J connectivity index is 2.18. The molecule has 116 valence electrons. The van der Waals surface area contributed by atoms with Gasteiger partial charge in [-0.3, -0.25) is 10.1 Å². The Kier molecular flexibility index (Phi) is 3.99. The molecule has 1 aliphatic rings. The predicted octanol–water partition coefficient (Wildman–Crippen LogP) is 3.34. The van der Waals surface area contributed by atoms with Gasteiger partial charge in [0.15, 0.2) is 0 Å². The zero-order valence-electron chi connectivity index (χ0n) is 11.8. The van der Waals surface area contributed by atoms with Crippen LogP contribution in [0.15, 0.2) is 60.3 Å². The van der Waals surface area contributed by atoms with Crippen LogP contribution in [0.1, 0.15) is 17.2 Å². The number of halogens is 1. The molecule has 7 heteroatoms. The summed E-state index contributed by atoms with van der Waals surface area (Å²) in [6.45, 7) is 0. The van der Waals surface area contributed by atoms with Crippen molar-refractivity contribution in [3.8, 4) is 0 Å². The summed E-state index contributed by atoms with van der Waals surface area (Å²) in [5, 5.41) is 17.2. The normalized spacial score (nSPS) is 17.4.